The van der Waals surface area contributed by atoms with Crippen LogP contribution in [0.25, 0.3) is 0 Å². The molecular formula is C13H22N4O. The summed E-state index contributed by atoms with van der Waals surface area (Å²) in [4.78, 5) is 8.43. The van der Waals surface area contributed by atoms with E-state index in [1.54, 1.807) is 13.4 Å². The Kier molecular flexibility index (Phi) is 4.61. The fraction of sp³-hybridized carbons (Fsp3) is 0.692. The van der Waals surface area contributed by atoms with Crippen molar-refractivity contribution in [3.8, 4) is 5.75 Å². The van der Waals surface area contributed by atoms with Crippen molar-refractivity contribution >= 4 is 11.6 Å². The maximum absolute atomic E-state index is 5.38. The summed E-state index contributed by atoms with van der Waals surface area (Å²) in [5.41, 5.74) is 0. The second-order valence-corrected chi connectivity index (χ2v) is 4.65. The highest BCUT2D eigenvalue weighted by atomic mass is 16.5. The van der Waals surface area contributed by atoms with Crippen molar-refractivity contribution in [2.75, 3.05) is 30.8 Å². The van der Waals surface area contributed by atoms with Gasteiger partial charge < -0.3 is 15.4 Å². The molecule has 5 nitrogen and oxygen atoms in total. The van der Waals surface area contributed by atoms with E-state index in [0.29, 0.717) is 5.75 Å². The number of nitrogens with one attached hydrogen (secondary N) is 2. The molecule has 2 rings (SSSR count). The maximum atomic E-state index is 5.38. The van der Waals surface area contributed by atoms with Gasteiger partial charge in [-0.25, -0.2) is 9.97 Å². The lowest BCUT2D eigenvalue weighted by Crippen LogP contribution is -2.16. The number of hydrogen-bond acceptors (Lipinski definition) is 5. The van der Waals surface area contributed by atoms with Crippen LogP contribution in [0.2, 0.25) is 0 Å². The van der Waals surface area contributed by atoms with Gasteiger partial charge >= 0.3 is 0 Å². The molecule has 0 spiro atoms. The molecule has 0 radical (unpaired) electrons. The Bertz CT molecular complexity index is 379. The minimum absolute atomic E-state index is 0.702. The van der Waals surface area contributed by atoms with Crippen LogP contribution in [0.5, 0.6) is 5.75 Å². The maximum Gasteiger partial charge on any atom is 0.204 e. The van der Waals surface area contributed by atoms with Gasteiger partial charge in [0.1, 0.15) is 6.33 Å². The van der Waals surface area contributed by atoms with E-state index in [2.05, 4.69) is 20.6 Å². The van der Waals surface area contributed by atoms with E-state index in [4.69, 9.17) is 4.74 Å². The van der Waals surface area contributed by atoms with Crippen LogP contribution in [-0.2, 0) is 0 Å². The van der Waals surface area contributed by atoms with Gasteiger partial charge in [-0.2, -0.15) is 0 Å². The highest BCUT2D eigenvalue weighted by Crippen LogP contribution is 2.31. The second-order valence-electron chi connectivity index (χ2n) is 4.65. The number of aromatic nitrogens is 2. The first-order valence-corrected chi connectivity index (χ1v) is 6.71. The number of nitrogens with zero attached hydrogens (tertiary/aromatic N) is 2. The van der Waals surface area contributed by atoms with Crippen LogP contribution in [0.3, 0.4) is 0 Å². The number of hydrogen-bond donors (Lipinski definition) is 2. The van der Waals surface area contributed by atoms with Crippen molar-refractivity contribution < 1.29 is 4.74 Å². The Morgan fingerprint density at radius 1 is 1.28 bits per heavy atom. The Morgan fingerprint density at radius 3 is 2.56 bits per heavy atom. The van der Waals surface area contributed by atoms with Crippen LogP contribution in [0, 0.1) is 5.92 Å². The smallest absolute Gasteiger partial charge is 0.204 e. The second kappa shape index (κ2) is 6.42. The lowest BCUT2D eigenvalue weighted by Gasteiger charge is -2.25. The van der Waals surface area contributed by atoms with E-state index in [9.17, 15) is 0 Å². The van der Waals surface area contributed by atoms with Crippen molar-refractivity contribution in [1.82, 2.24) is 9.97 Å². The van der Waals surface area contributed by atoms with Gasteiger partial charge in [0, 0.05) is 13.1 Å². The molecule has 1 aliphatic carbocycles. The minimum atomic E-state index is 0.702. The zero-order chi connectivity index (χ0) is 12.8. The standard InChI is InChI=1S/C13H22N4O/c1-3-14-12-11(18-2)13(17-9-16-12)15-8-7-10-5-4-6-10/h9-10H,3-8H2,1-2H3,(H2,14,15,16,17). The van der Waals surface area contributed by atoms with E-state index in [-0.39, 0.29) is 0 Å². The number of rotatable bonds is 7. The molecule has 1 aliphatic rings. The van der Waals surface area contributed by atoms with Crippen LogP contribution in [0.4, 0.5) is 11.6 Å². The molecule has 0 unspecified atom stereocenters. The molecule has 100 valence electrons. The molecule has 0 bridgehead atoms. The fourth-order valence-corrected chi connectivity index (χ4v) is 2.16. The largest absolute Gasteiger partial charge is 0.490 e. The highest BCUT2D eigenvalue weighted by molar-refractivity contribution is 5.63. The molecule has 1 aromatic rings. The van der Waals surface area contributed by atoms with Crippen molar-refractivity contribution in [2.24, 2.45) is 5.92 Å². The fourth-order valence-electron chi connectivity index (χ4n) is 2.16. The third kappa shape index (κ3) is 3.03. The molecule has 1 saturated carbocycles. The Labute approximate surface area is 108 Å². The average molecular weight is 250 g/mol. The molecule has 0 saturated heterocycles. The third-order valence-corrected chi connectivity index (χ3v) is 3.42. The molecular weight excluding hydrogens is 228 g/mol. The van der Waals surface area contributed by atoms with E-state index in [1.807, 2.05) is 6.92 Å². The zero-order valence-corrected chi connectivity index (χ0v) is 11.2. The molecule has 1 aromatic heterocycles. The van der Waals surface area contributed by atoms with Gasteiger partial charge in [-0.3, -0.25) is 0 Å². The van der Waals surface area contributed by atoms with E-state index >= 15 is 0 Å². The SMILES string of the molecule is CCNc1ncnc(NCCC2CCC2)c1OC. The van der Waals surface area contributed by atoms with Gasteiger partial charge in [0.2, 0.25) is 5.75 Å². The summed E-state index contributed by atoms with van der Waals surface area (Å²) in [6.45, 7) is 3.80. The number of methoxy groups -OCH3 is 1. The van der Waals surface area contributed by atoms with Crippen molar-refractivity contribution in [3.05, 3.63) is 6.33 Å². The summed E-state index contributed by atoms with van der Waals surface area (Å²) in [5, 5.41) is 6.52. The molecule has 5 heteroatoms. The first-order chi connectivity index (χ1) is 8.85. The lowest BCUT2D eigenvalue weighted by atomic mass is 9.83. The summed E-state index contributed by atoms with van der Waals surface area (Å²) >= 11 is 0. The molecule has 1 heterocycles. The summed E-state index contributed by atoms with van der Waals surface area (Å²) in [6.07, 6.45) is 6.93. The first-order valence-electron chi connectivity index (χ1n) is 6.71. The van der Waals surface area contributed by atoms with Crippen molar-refractivity contribution in [3.63, 3.8) is 0 Å². The molecule has 0 aromatic carbocycles. The predicted molar refractivity (Wildman–Crippen MR) is 73.2 cm³/mol. The molecule has 18 heavy (non-hydrogen) atoms. The number of anilines is 2. The van der Waals surface area contributed by atoms with Crippen LogP contribution < -0.4 is 15.4 Å². The van der Waals surface area contributed by atoms with Crippen LogP contribution in [0.15, 0.2) is 6.33 Å². The van der Waals surface area contributed by atoms with E-state index in [0.717, 1.165) is 30.6 Å². The van der Waals surface area contributed by atoms with Gasteiger partial charge in [0.15, 0.2) is 11.6 Å². The van der Waals surface area contributed by atoms with Gasteiger partial charge in [0.05, 0.1) is 7.11 Å². The van der Waals surface area contributed by atoms with Gasteiger partial charge in [0.25, 0.3) is 0 Å². The Balaban J connectivity index is 1.94. The number of ether oxygens (including phenoxy) is 1. The van der Waals surface area contributed by atoms with Gasteiger partial charge in [-0.1, -0.05) is 19.3 Å². The van der Waals surface area contributed by atoms with Crippen molar-refractivity contribution in [2.45, 2.75) is 32.6 Å². The minimum Gasteiger partial charge on any atom is -0.490 e. The summed E-state index contributed by atoms with van der Waals surface area (Å²) in [5.74, 6) is 3.13. The lowest BCUT2D eigenvalue weighted by molar-refractivity contribution is 0.302. The summed E-state index contributed by atoms with van der Waals surface area (Å²) < 4.78 is 5.38. The molecule has 0 amide bonds. The predicted octanol–water partition coefficient (Wildman–Crippen LogP) is 2.52. The molecule has 1 fully saturated rings. The molecule has 0 atom stereocenters. The summed E-state index contributed by atoms with van der Waals surface area (Å²) in [6, 6.07) is 0. The van der Waals surface area contributed by atoms with Crippen LogP contribution >= 0.6 is 0 Å². The third-order valence-electron chi connectivity index (χ3n) is 3.42. The first kappa shape index (κ1) is 12.9. The van der Waals surface area contributed by atoms with Crippen LogP contribution in [0.1, 0.15) is 32.6 Å². The highest BCUT2D eigenvalue weighted by Gasteiger charge is 2.17. The quantitative estimate of drug-likeness (QED) is 0.778. The molecule has 0 aliphatic heterocycles. The monoisotopic (exact) mass is 250 g/mol. The average Bonchev–Trinajstić information content (AvgIpc) is 2.33. The van der Waals surface area contributed by atoms with Crippen LogP contribution in [-0.4, -0.2) is 30.2 Å². The van der Waals surface area contributed by atoms with E-state index < -0.39 is 0 Å². The zero-order valence-electron chi connectivity index (χ0n) is 11.2. The Hall–Kier alpha value is -1.52. The molecule has 2 N–H and O–H groups in total. The van der Waals surface area contributed by atoms with Gasteiger partial charge in [-0.15, -0.1) is 0 Å². The van der Waals surface area contributed by atoms with Gasteiger partial charge in [-0.05, 0) is 19.3 Å². The topological polar surface area (TPSA) is 59.1 Å². The summed E-state index contributed by atoms with van der Waals surface area (Å²) in [7, 11) is 1.65. The van der Waals surface area contributed by atoms with Crippen molar-refractivity contribution in [1.29, 1.82) is 0 Å². The Morgan fingerprint density at radius 2 is 2.00 bits per heavy atom. The normalized spacial score (nSPS) is 15.0. The van der Waals surface area contributed by atoms with E-state index in [1.165, 1.54) is 25.7 Å².